The first-order valence-corrected chi connectivity index (χ1v) is 6.32. The van der Waals surface area contributed by atoms with Crippen molar-refractivity contribution in [2.75, 3.05) is 11.5 Å². The molecule has 1 atom stereocenters. The molecule has 82 valence electrons. The van der Waals surface area contributed by atoms with Crippen molar-refractivity contribution < 1.29 is 8.42 Å². The SMILES string of the molecule is O=c1ccc(=O)n([C@@H]2CCS(=O)(=O)C2)[nH]1. The molecule has 0 saturated carbocycles. The summed E-state index contributed by atoms with van der Waals surface area (Å²) < 4.78 is 23.5. The molecule has 0 unspecified atom stereocenters. The fourth-order valence-corrected chi connectivity index (χ4v) is 3.39. The molecule has 1 aliphatic rings. The Hall–Kier alpha value is -1.37. The molecule has 6 nitrogen and oxygen atoms in total. The van der Waals surface area contributed by atoms with Crippen molar-refractivity contribution in [1.82, 2.24) is 9.78 Å². The minimum atomic E-state index is -3.05. The minimum Gasteiger partial charge on any atom is -0.268 e. The molecule has 2 rings (SSSR count). The summed E-state index contributed by atoms with van der Waals surface area (Å²) >= 11 is 0. The van der Waals surface area contributed by atoms with Gasteiger partial charge in [0, 0.05) is 12.1 Å². The Morgan fingerprint density at radius 2 is 2.07 bits per heavy atom. The van der Waals surface area contributed by atoms with Gasteiger partial charge >= 0.3 is 0 Å². The van der Waals surface area contributed by atoms with Crippen LogP contribution in [-0.2, 0) is 9.84 Å². The van der Waals surface area contributed by atoms with Gasteiger partial charge in [0.05, 0.1) is 17.5 Å². The standard InChI is InChI=1S/C8H10N2O4S/c11-7-1-2-8(12)10(9-7)6-3-4-15(13,14)5-6/h1-2,6H,3-5H2,(H,9,11)/t6-/m1/s1. The van der Waals surface area contributed by atoms with Crippen molar-refractivity contribution >= 4 is 9.84 Å². The minimum absolute atomic E-state index is 0.0705. The van der Waals surface area contributed by atoms with Crippen LogP contribution in [0.4, 0.5) is 0 Å². The van der Waals surface area contributed by atoms with Crippen LogP contribution in [0, 0.1) is 0 Å². The number of hydrogen-bond acceptors (Lipinski definition) is 4. The topological polar surface area (TPSA) is 89.0 Å². The molecule has 0 aromatic carbocycles. The highest BCUT2D eigenvalue weighted by atomic mass is 32.2. The number of nitrogens with zero attached hydrogens (tertiary/aromatic N) is 1. The highest BCUT2D eigenvalue weighted by Crippen LogP contribution is 2.20. The first-order valence-electron chi connectivity index (χ1n) is 4.50. The van der Waals surface area contributed by atoms with Crippen LogP contribution in [-0.4, -0.2) is 29.7 Å². The maximum atomic E-state index is 11.4. The Morgan fingerprint density at radius 3 is 2.67 bits per heavy atom. The number of sulfone groups is 1. The monoisotopic (exact) mass is 230 g/mol. The van der Waals surface area contributed by atoms with E-state index in [2.05, 4.69) is 5.10 Å². The average molecular weight is 230 g/mol. The largest absolute Gasteiger partial charge is 0.268 e. The summed E-state index contributed by atoms with van der Waals surface area (Å²) in [5.41, 5.74) is -0.782. The molecule has 0 bridgehead atoms. The first kappa shape index (κ1) is 10.2. The zero-order chi connectivity index (χ0) is 11.1. The quantitative estimate of drug-likeness (QED) is 0.663. The lowest BCUT2D eigenvalue weighted by molar-refractivity contribution is 0.468. The van der Waals surface area contributed by atoms with Crippen LogP contribution in [0.1, 0.15) is 12.5 Å². The van der Waals surface area contributed by atoms with Gasteiger partial charge in [0.2, 0.25) is 0 Å². The molecular formula is C8H10N2O4S. The first-order chi connectivity index (χ1) is 6.98. The van der Waals surface area contributed by atoms with Gasteiger partial charge in [-0.2, -0.15) is 0 Å². The molecule has 0 aliphatic carbocycles. The van der Waals surface area contributed by atoms with Gasteiger partial charge < -0.3 is 0 Å². The van der Waals surface area contributed by atoms with Gasteiger partial charge in [-0.3, -0.25) is 14.7 Å². The zero-order valence-corrected chi connectivity index (χ0v) is 8.66. The van der Waals surface area contributed by atoms with Crippen molar-refractivity contribution in [2.24, 2.45) is 0 Å². The predicted octanol–water partition coefficient (Wildman–Crippen LogP) is -1.10. The molecule has 0 amide bonds. The van der Waals surface area contributed by atoms with Crippen molar-refractivity contribution in [1.29, 1.82) is 0 Å². The highest BCUT2D eigenvalue weighted by molar-refractivity contribution is 7.91. The molecule has 1 aromatic rings. The number of nitrogens with one attached hydrogen (secondary N) is 1. The number of aromatic amines is 1. The molecule has 0 radical (unpaired) electrons. The van der Waals surface area contributed by atoms with Gasteiger partial charge in [-0.25, -0.2) is 13.1 Å². The van der Waals surface area contributed by atoms with E-state index in [1.165, 1.54) is 0 Å². The van der Waals surface area contributed by atoms with Crippen LogP contribution >= 0.6 is 0 Å². The van der Waals surface area contributed by atoms with E-state index in [1.807, 2.05) is 0 Å². The van der Waals surface area contributed by atoms with E-state index >= 15 is 0 Å². The Kier molecular flexibility index (Phi) is 2.26. The Bertz CT molecular complexity index is 583. The normalized spacial score (nSPS) is 24.1. The second-order valence-electron chi connectivity index (χ2n) is 3.57. The fraction of sp³-hybridized carbons (Fsp3) is 0.500. The van der Waals surface area contributed by atoms with Gasteiger partial charge in [0.15, 0.2) is 9.84 Å². The summed E-state index contributed by atoms with van der Waals surface area (Å²) in [5, 5.41) is 2.34. The second kappa shape index (κ2) is 3.34. The Morgan fingerprint density at radius 1 is 1.33 bits per heavy atom. The predicted molar refractivity (Wildman–Crippen MR) is 53.6 cm³/mol. The maximum absolute atomic E-state index is 11.4. The fourth-order valence-electron chi connectivity index (χ4n) is 1.69. The van der Waals surface area contributed by atoms with E-state index in [1.54, 1.807) is 0 Å². The summed E-state index contributed by atoms with van der Waals surface area (Å²) in [6, 6.07) is 1.84. The van der Waals surface area contributed by atoms with E-state index < -0.39 is 21.4 Å². The second-order valence-corrected chi connectivity index (χ2v) is 5.80. The van der Waals surface area contributed by atoms with Crippen molar-refractivity contribution in [3.05, 3.63) is 32.8 Å². The maximum Gasteiger partial charge on any atom is 0.265 e. The lowest BCUT2D eigenvalue weighted by atomic mass is 10.3. The van der Waals surface area contributed by atoms with Crippen LogP contribution in [0.2, 0.25) is 0 Å². The van der Waals surface area contributed by atoms with Crippen LogP contribution in [0.3, 0.4) is 0 Å². The van der Waals surface area contributed by atoms with E-state index in [0.717, 1.165) is 16.8 Å². The number of hydrogen-bond donors (Lipinski definition) is 1. The van der Waals surface area contributed by atoms with Gasteiger partial charge in [0.25, 0.3) is 11.1 Å². The summed E-state index contributed by atoms with van der Waals surface area (Å²) in [4.78, 5) is 22.4. The summed E-state index contributed by atoms with van der Waals surface area (Å²) in [5.74, 6) is -0.00606. The third-order valence-electron chi connectivity index (χ3n) is 2.42. The van der Waals surface area contributed by atoms with Crippen LogP contribution in [0.25, 0.3) is 0 Å². The highest BCUT2D eigenvalue weighted by Gasteiger charge is 2.29. The third kappa shape index (κ3) is 2.01. The molecule has 7 heteroatoms. The molecule has 1 fully saturated rings. The molecule has 1 N–H and O–H groups in total. The van der Waals surface area contributed by atoms with Crippen molar-refractivity contribution in [3.8, 4) is 0 Å². The lowest BCUT2D eigenvalue weighted by Crippen LogP contribution is -2.32. The van der Waals surface area contributed by atoms with E-state index in [0.29, 0.717) is 6.42 Å². The van der Waals surface area contributed by atoms with Crippen molar-refractivity contribution in [2.45, 2.75) is 12.5 Å². The van der Waals surface area contributed by atoms with Gasteiger partial charge in [0.1, 0.15) is 0 Å². The van der Waals surface area contributed by atoms with Gasteiger partial charge in [-0.05, 0) is 6.42 Å². The summed E-state index contributed by atoms with van der Waals surface area (Å²) in [6.45, 7) is 0. The van der Waals surface area contributed by atoms with E-state index in [-0.39, 0.29) is 17.1 Å². The third-order valence-corrected chi connectivity index (χ3v) is 4.17. The molecular weight excluding hydrogens is 220 g/mol. The summed E-state index contributed by atoms with van der Waals surface area (Å²) in [6.07, 6.45) is 0.377. The molecule has 1 saturated heterocycles. The average Bonchev–Trinajstić information content (AvgIpc) is 2.50. The Balaban J connectivity index is 2.44. The number of H-pyrrole nitrogens is 1. The van der Waals surface area contributed by atoms with E-state index in [9.17, 15) is 18.0 Å². The van der Waals surface area contributed by atoms with E-state index in [4.69, 9.17) is 0 Å². The zero-order valence-electron chi connectivity index (χ0n) is 7.84. The number of aromatic nitrogens is 2. The molecule has 2 heterocycles. The molecule has 15 heavy (non-hydrogen) atoms. The molecule has 1 aromatic heterocycles. The van der Waals surface area contributed by atoms with Gasteiger partial charge in [-0.1, -0.05) is 0 Å². The molecule has 0 spiro atoms. The smallest absolute Gasteiger partial charge is 0.265 e. The van der Waals surface area contributed by atoms with Gasteiger partial charge in [-0.15, -0.1) is 0 Å². The molecule has 1 aliphatic heterocycles. The summed E-state index contributed by atoms with van der Waals surface area (Å²) in [7, 11) is -3.05. The number of rotatable bonds is 1. The van der Waals surface area contributed by atoms with Crippen LogP contribution in [0.5, 0.6) is 0 Å². The Labute approximate surface area is 85.5 Å². The van der Waals surface area contributed by atoms with Crippen molar-refractivity contribution in [3.63, 3.8) is 0 Å². The van der Waals surface area contributed by atoms with Crippen LogP contribution in [0.15, 0.2) is 21.7 Å². The van der Waals surface area contributed by atoms with Crippen LogP contribution < -0.4 is 11.1 Å². The lowest BCUT2D eigenvalue weighted by Gasteiger charge is -2.10.